The molecule has 0 saturated carbocycles. The Morgan fingerprint density at radius 1 is 1.22 bits per heavy atom. The summed E-state index contributed by atoms with van der Waals surface area (Å²) in [6.45, 7) is 1.37. The predicted molar refractivity (Wildman–Crippen MR) is 67.2 cm³/mol. The molecular weight excluding hydrogens is 228 g/mol. The Morgan fingerprint density at radius 2 is 2.17 bits per heavy atom. The maximum atomic E-state index is 5.84. The maximum absolute atomic E-state index is 5.84. The Bertz CT molecular complexity index is 678. The van der Waals surface area contributed by atoms with Crippen molar-refractivity contribution in [2.45, 2.75) is 13.0 Å². The lowest BCUT2D eigenvalue weighted by atomic mass is 10.1. The van der Waals surface area contributed by atoms with Gasteiger partial charge in [-0.3, -0.25) is 5.10 Å². The van der Waals surface area contributed by atoms with Gasteiger partial charge < -0.3 is 9.15 Å². The van der Waals surface area contributed by atoms with E-state index in [1.165, 1.54) is 0 Å². The zero-order valence-corrected chi connectivity index (χ0v) is 9.77. The van der Waals surface area contributed by atoms with Crippen molar-refractivity contribution in [2.75, 3.05) is 6.61 Å². The van der Waals surface area contributed by atoms with E-state index >= 15 is 0 Å². The van der Waals surface area contributed by atoms with Gasteiger partial charge in [0.05, 0.1) is 13.2 Å². The minimum absolute atomic E-state index is 0.609. The summed E-state index contributed by atoms with van der Waals surface area (Å²) in [4.78, 5) is 0. The Labute approximate surface area is 104 Å². The van der Waals surface area contributed by atoms with Crippen LogP contribution in [0.1, 0.15) is 11.3 Å². The second-order valence-corrected chi connectivity index (χ2v) is 4.48. The minimum atomic E-state index is 0.609. The first-order chi connectivity index (χ1) is 8.92. The standard InChI is InChI=1S/C14H12N2O2/c1-2-4-12-9(3-1)7-13(18-12)14-10-8-17-6-5-11(10)15-16-14/h1-4,7H,5-6,8H2,(H,15,16). The number of H-pyrrole nitrogens is 1. The third-order valence-corrected chi connectivity index (χ3v) is 3.35. The Kier molecular flexibility index (Phi) is 2.04. The van der Waals surface area contributed by atoms with Gasteiger partial charge in [0.2, 0.25) is 0 Å². The van der Waals surface area contributed by atoms with Crippen LogP contribution in [0.3, 0.4) is 0 Å². The number of para-hydroxylation sites is 1. The van der Waals surface area contributed by atoms with Crippen LogP contribution in [0.15, 0.2) is 34.7 Å². The van der Waals surface area contributed by atoms with Crippen molar-refractivity contribution >= 4 is 11.0 Å². The fraction of sp³-hybridized carbons (Fsp3) is 0.214. The topological polar surface area (TPSA) is 51.0 Å². The van der Waals surface area contributed by atoms with Crippen LogP contribution in [0.2, 0.25) is 0 Å². The van der Waals surface area contributed by atoms with Crippen LogP contribution in [0.25, 0.3) is 22.4 Å². The first kappa shape index (κ1) is 9.91. The zero-order valence-electron chi connectivity index (χ0n) is 9.77. The van der Waals surface area contributed by atoms with E-state index in [4.69, 9.17) is 9.15 Å². The SMILES string of the molecule is c1ccc2oc(-c3n[nH]c4c3COCC4)cc2c1. The summed E-state index contributed by atoms with van der Waals surface area (Å²) >= 11 is 0. The number of ether oxygens (including phenoxy) is 1. The van der Waals surface area contributed by atoms with Gasteiger partial charge in [-0.05, 0) is 12.1 Å². The molecule has 4 rings (SSSR count). The van der Waals surface area contributed by atoms with Crippen molar-refractivity contribution in [3.05, 3.63) is 41.6 Å². The van der Waals surface area contributed by atoms with Crippen molar-refractivity contribution in [3.8, 4) is 11.5 Å². The number of hydrogen-bond acceptors (Lipinski definition) is 3. The van der Waals surface area contributed by atoms with E-state index in [0.29, 0.717) is 6.61 Å². The normalized spacial score (nSPS) is 14.9. The number of nitrogens with one attached hydrogen (secondary N) is 1. The van der Waals surface area contributed by atoms with Crippen LogP contribution in [0, 0.1) is 0 Å². The molecule has 18 heavy (non-hydrogen) atoms. The second-order valence-electron chi connectivity index (χ2n) is 4.48. The molecule has 2 aromatic heterocycles. The highest BCUT2D eigenvalue weighted by atomic mass is 16.5. The van der Waals surface area contributed by atoms with Crippen molar-refractivity contribution in [3.63, 3.8) is 0 Å². The molecule has 3 heterocycles. The number of benzene rings is 1. The quantitative estimate of drug-likeness (QED) is 0.711. The fourth-order valence-electron chi connectivity index (χ4n) is 2.41. The third kappa shape index (κ3) is 1.39. The highest BCUT2D eigenvalue weighted by molar-refractivity contribution is 5.82. The molecule has 1 aromatic carbocycles. The minimum Gasteiger partial charge on any atom is -0.454 e. The van der Waals surface area contributed by atoms with Crippen LogP contribution in [-0.2, 0) is 17.8 Å². The summed E-state index contributed by atoms with van der Waals surface area (Å²) in [6, 6.07) is 10.0. The first-order valence-electron chi connectivity index (χ1n) is 6.04. The molecule has 0 atom stereocenters. The van der Waals surface area contributed by atoms with E-state index in [-0.39, 0.29) is 0 Å². The molecule has 0 spiro atoms. The summed E-state index contributed by atoms with van der Waals surface area (Å²) in [6.07, 6.45) is 0.891. The number of aromatic nitrogens is 2. The molecule has 0 fully saturated rings. The monoisotopic (exact) mass is 240 g/mol. The van der Waals surface area contributed by atoms with Crippen LogP contribution >= 0.6 is 0 Å². The first-order valence-corrected chi connectivity index (χ1v) is 6.04. The molecule has 0 bridgehead atoms. The van der Waals surface area contributed by atoms with E-state index in [0.717, 1.165) is 46.7 Å². The van der Waals surface area contributed by atoms with Crippen molar-refractivity contribution in [1.29, 1.82) is 0 Å². The Hall–Kier alpha value is -2.07. The summed E-state index contributed by atoms with van der Waals surface area (Å²) in [5.41, 5.74) is 4.05. The number of aromatic amines is 1. The molecule has 1 aliphatic rings. The number of hydrogen-bond donors (Lipinski definition) is 1. The lowest BCUT2D eigenvalue weighted by molar-refractivity contribution is 0.110. The average molecular weight is 240 g/mol. The molecule has 4 nitrogen and oxygen atoms in total. The molecule has 0 radical (unpaired) electrons. The van der Waals surface area contributed by atoms with Gasteiger partial charge in [0.25, 0.3) is 0 Å². The van der Waals surface area contributed by atoms with Crippen molar-refractivity contribution in [2.24, 2.45) is 0 Å². The van der Waals surface area contributed by atoms with E-state index in [1.807, 2.05) is 30.3 Å². The lowest BCUT2D eigenvalue weighted by Gasteiger charge is -2.11. The molecule has 1 N–H and O–H groups in total. The molecular formula is C14H12N2O2. The largest absolute Gasteiger partial charge is 0.454 e. The zero-order chi connectivity index (χ0) is 11.9. The summed E-state index contributed by atoms with van der Waals surface area (Å²) in [5, 5.41) is 8.54. The smallest absolute Gasteiger partial charge is 0.156 e. The van der Waals surface area contributed by atoms with Gasteiger partial charge in [-0.2, -0.15) is 5.10 Å². The molecule has 0 aliphatic carbocycles. The molecule has 0 amide bonds. The van der Waals surface area contributed by atoms with Gasteiger partial charge in [0.15, 0.2) is 5.76 Å². The van der Waals surface area contributed by atoms with Gasteiger partial charge in [-0.15, -0.1) is 0 Å². The van der Waals surface area contributed by atoms with Gasteiger partial charge in [-0.1, -0.05) is 18.2 Å². The van der Waals surface area contributed by atoms with Gasteiger partial charge in [0, 0.05) is 23.1 Å². The van der Waals surface area contributed by atoms with Crippen molar-refractivity contribution < 1.29 is 9.15 Å². The van der Waals surface area contributed by atoms with Gasteiger partial charge >= 0.3 is 0 Å². The summed E-state index contributed by atoms with van der Waals surface area (Å²) in [5.74, 6) is 0.805. The fourth-order valence-corrected chi connectivity index (χ4v) is 2.41. The molecule has 90 valence electrons. The van der Waals surface area contributed by atoms with E-state index < -0.39 is 0 Å². The number of rotatable bonds is 1. The number of nitrogens with zero attached hydrogens (tertiary/aromatic N) is 1. The molecule has 4 heteroatoms. The van der Waals surface area contributed by atoms with Crippen LogP contribution in [0.4, 0.5) is 0 Å². The number of fused-ring (bicyclic) bond motifs is 2. The van der Waals surface area contributed by atoms with Gasteiger partial charge in [-0.25, -0.2) is 0 Å². The maximum Gasteiger partial charge on any atom is 0.156 e. The summed E-state index contributed by atoms with van der Waals surface area (Å²) in [7, 11) is 0. The molecule has 3 aromatic rings. The van der Waals surface area contributed by atoms with E-state index in [1.54, 1.807) is 0 Å². The van der Waals surface area contributed by atoms with E-state index in [2.05, 4.69) is 10.2 Å². The third-order valence-electron chi connectivity index (χ3n) is 3.35. The predicted octanol–water partition coefficient (Wildman–Crippen LogP) is 2.90. The summed E-state index contributed by atoms with van der Waals surface area (Å²) < 4.78 is 11.3. The molecule has 1 aliphatic heterocycles. The second kappa shape index (κ2) is 3.71. The number of furan rings is 1. The van der Waals surface area contributed by atoms with Crippen molar-refractivity contribution in [1.82, 2.24) is 10.2 Å². The molecule has 0 unspecified atom stereocenters. The average Bonchev–Trinajstić information content (AvgIpc) is 3.02. The van der Waals surface area contributed by atoms with E-state index in [9.17, 15) is 0 Å². The lowest BCUT2D eigenvalue weighted by Crippen LogP contribution is -2.08. The Morgan fingerprint density at radius 3 is 3.11 bits per heavy atom. The van der Waals surface area contributed by atoms with Crippen LogP contribution in [-0.4, -0.2) is 16.8 Å². The van der Waals surface area contributed by atoms with Crippen LogP contribution < -0.4 is 0 Å². The van der Waals surface area contributed by atoms with Crippen LogP contribution in [0.5, 0.6) is 0 Å². The van der Waals surface area contributed by atoms with Gasteiger partial charge in [0.1, 0.15) is 11.3 Å². The highest BCUT2D eigenvalue weighted by Gasteiger charge is 2.20. The molecule has 0 saturated heterocycles. The highest BCUT2D eigenvalue weighted by Crippen LogP contribution is 2.31. The Balaban J connectivity index is 1.89.